The van der Waals surface area contributed by atoms with Crippen LogP contribution in [0.3, 0.4) is 0 Å². The Balaban J connectivity index is 2.83. The fraction of sp³-hybridized carbons (Fsp3) is 0.364. The van der Waals surface area contributed by atoms with Crippen LogP contribution in [0.5, 0.6) is 0 Å². The first-order valence-electron chi connectivity index (χ1n) is 4.99. The van der Waals surface area contributed by atoms with Gasteiger partial charge in [0.15, 0.2) is 0 Å². The lowest BCUT2D eigenvalue weighted by atomic mass is 10.1. The van der Waals surface area contributed by atoms with E-state index in [0.717, 1.165) is 6.07 Å². The maximum absolute atomic E-state index is 13.4. The number of nitro groups is 1. The molecule has 0 heterocycles. The maximum atomic E-state index is 13.4. The molecule has 0 saturated carbocycles. The topological polar surface area (TPSA) is 60.2 Å². The van der Waals surface area contributed by atoms with Gasteiger partial charge in [-0.1, -0.05) is 6.92 Å². The van der Waals surface area contributed by atoms with Gasteiger partial charge >= 0.3 is 0 Å². The van der Waals surface area contributed by atoms with Gasteiger partial charge in [0.2, 0.25) is 0 Å². The number of non-ortho nitro benzene ring substituents is 1. The van der Waals surface area contributed by atoms with Crippen molar-refractivity contribution in [2.24, 2.45) is 0 Å². The molecule has 0 amide bonds. The first-order chi connectivity index (χ1) is 7.54. The Bertz CT molecular complexity index is 418. The molecule has 0 aliphatic heterocycles. The van der Waals surface area contributed by atoms with Gasteiger partial charge in [-0.25, -0.2) is 4.39 Å². The highest BCUT2D eigenvalue weighted by molar-refractivity contribution is 5.80. The molecule has 0 aliphatic carbocycles. The summed E-state index contributed by atoms with van der Waals surface area (Å²) in [7, 11) is 0. The van der Waals surface area contributed by atoms with E-state index in [1.807, 2.05) is 6.92 Å². The Morgan fingerprint density at radius 1 is 1.50 bits per heavy atom. The fourth-order valence-electron chi connectivity index (χ4n) is 1.37. The third kappa shape index (κ3) is 3.12. The molecule has 16 heavy (non-hydrogen) atoms. The summed E-state index contributed by atoms with van der Waals surface area (Å²) in [5.74, 6) is -0.756. The zero-order valence-corrected chi connectivity index (χ0v) is 8.90. The van der Waals surface area contributed by atoms with Gasteiger partial charge in [-0.05, 0) is 18.1 Å². The second-order valence-corrected chi connectivity index (χ2v) is 3.50. The monoisotopic (exact) mass is 225 g/mol. The van der Waals surface area contributed by atoms with E-state index >= 15 is 0 Å². The predicted octanol–water partition coefficient (Wildman–Crippen LogP) is 2.65. The normalized spacial score (nSPS) is 10.1. The van der Waals surface area contributed by atoms with Crippen molar-refractivity contribution >= 4 is 11.5 Å². The number of carbonyl (C=O) groups is 1. The molecule has 0 bridgehead atoms. The number of benzene rings is 1. The van der Waals surface area contributed by atoms with Crippen molar-refractivity contribution in [1.29, 1.82) is 0 Å². The fourth-order valence-corrected chi connectivity index (χ4v) is 1.37. The van der Waals surface area contributed by atoms with Gasteiger partial charge in [0.05, 0.1) is 11.0 Å². The molecular weight excluding hydrogens is 213 g/mol. The first-order valence-corrected chi connectivity index (χ1v) is 4.99. The number of carbonyl (C=O) groups excluding carboxylic acids is 1. The quantitative estimate of drug-likeness (QED) is 0.571. The van der Waals surface area contributed by atoms with Crippen LogP contribution in [0.4, 0.5) is 10.1 Å². The molecule has 5 heteroatoms. The number of rotatable bonds is 5. The van der Waals surface area contributed by atoms with Gasteiger partial charge in [0.25, 0.3) is 5.69 Å². The van der Waals surface area contributed by atoms with E-state index < -0.39 is 10.7 Å². The van der Waals surface area contributed by atoms with E-state index in [4.69, 9.17) is 0 Å². The lowest BCUT2D eigenvalue weighted by Gasteiger charge is -2.01. The van der Waals surface area contributed by atoms with E-state index in [2.05, 4.69) is 0 Å². The van der Waals surface area contributed by atoms with Crippen LogP contribution in [-0.2, 0) is 11.2 Å². The molecule has 0 unspecified atom stereocenters. The third-order valence-corrected chi connectivity index (χ3v) is 2.16. The minimum atomic E-state index is -0.696. The molecule has 1 rings (SSSR count). The SMILES string of the molecule is CCCC(=O)Cc1ccc([N+](=O)[O-])cc1F. The molecule has 0 radical (unpaired) electrons. The minimum absolute atomic E-state index is 0.00231. The maximum Gasteiger partial charge on any atom is 0.272 e. The van der Waals surface area contributed by atoms with Crippen molar-refractivity contribution in [3.05, 3.63) is 39.7 Å². The van der Waals surface area contributed by atoms with Gasteiger partial charge < -0.3 is 0 Å². The lowest BCUT2D eigenvalue weighted by Crippen LogP contribution is -2.04. The van der Waals surface area contributed by atoms with Crippen LogP contribution in [0.25, 0.3) is 0 Å². The Hall–Kier alpha value is -1.78. The number of nitrogens with zero attached hydrogens (tertiary/aromatic N) is 1. The van der Waals surface area contributed by atoms with Crippen LogP contribution in [0.2, 0.25) is 0 Å². The van der Waals surface area contributed by atoms with Crippen molar-refractivity contribution in [2.45, 2.75) is 26.2 Å². The number of ketones is 1. The highest BCUT2D eigenvalue weighted by Gasteiger charge is 2.12. The lowest BCUT2D eigenvalue weighted by molar-refractivity contribution is -0.385. The van der Waals surface area contributed by atoms with Crippen molar-refractivity contribution in [2.75, 3.05) is 0 Å². The van der Waals surface area contributed by atoms with Crippen LogP contribution in [0.1, 0.15) is 25.3 Å². The summed E-state index contributed by atoms with van der Waals surface area (Å²) in [6.45, 7) is 1.87. The summed E-state index contributed by atoms with van der Waals surface area (Å²) in [5, 5.41) is 10.4. The van der Waals surface area contributed by atoms with E-state index in [9.17, 15) is 19.3 Å². The number of Topliss-reactive ketones (excluding diaryl/α,β-unsaturated/α-hetero) is 1. The van der Waals surface area contributed by atoms with Gasteiger partial charge in [-0.3, -0.25) is 14.9 Å². The number of halogens is 1. The standard InChI is InChI=1S/C11H12FNO3/c1-2-3-10(14)6-8-4-5-9(13(15)16)7-11(8)12/h4-5,7H,2-3,6H2,1H3. The molecular formula is C11H12FNO3. The Morgan fingerprint density at radius 2 is 2.19 bits per heavy atom. The number of hydrogen-bond acceptors (Lipinski definition) is 3. The largest absolute Gasteiger partial charge is 0.299 e. The Morgan fingerprint density at radius 3 is 2.69 bits per heavy atom. The van der Waals surface area contributed by atoms with Crippen LogP contribution in [0, 0.1) is 15.9 Å². The van der Waals surface area contributed by atoms with Gasteiger partial charge in [0, 0.05) is 18.9 Å². The third-order valence-electron chi connectivity index (χ3n) is 2.16. The summed E-state index contributed by atoms with van der Waals surface area (Å²) in [4.78, 5) is 21.0. The summed E-state index contributed by atoms with van der Waals surface area (Å²) >= 11 is 0. The molecule has 1 aromatic carbocycles. The molecule has 0 saturated heterocycles. The molecule has 86 valence electrons. The first kappa shape index (κ1) is 12.3. The average molecular weight is 225 g/mol. The number of nitro benzene ring substituents is 1. The van der Waals surface area contributed by atoms with Crippen molar-refractivity contribution in [3.63, 3.8) is 0 Å². The molecule has 0 aromatic heterocycles. The van der Waals surface area contributed by atoms with Crippen molar-refractivity contribution in [1.82, 2.24) is 0 Å². The zero-order chi connectivity index (χ0) is 12.1. The Labute approximate surface area is 92.2 Å². The summed E-state index contributed by atoms with van der Waals surface area (Å²) in [6.07, 6.45) is 1.11. The second-order valence-electron chi connectivity index (χ2n) is 3.50. The molecule has 4 nitrogen and oxygen atoms in total. The zero-order valence-electron chi connectivity index (χ0n) is 8.90. The summed E-state index contributed by atoms with van der Waals surface area (Å²) in [5.41, 5.74) is -0.0896. The van der Waals surface area contributed by atoms with Crippen LogP contribution in [0.15, 0.2) is 18.2 Å². The molecule has 1 aromatic rings. The Kier molecular flexibility index (Phi) is 4.10. The smallest absolute Gasteiger partial charge is 0.272 e. The molecule has 0 fully saturated rings. The van der Waals surface area contributed by atoms with Crippen LogP contribution >= 0.6 is 0 Å². The highest BCUT2D eigenvalue weighted by Crippen LogP contribution is 2.17. The van der Waals surface area contributed by atoms with Gasteiger partial charge in [0.1, 0.15) is 11.6 Å². The average Bonchev–Trinajstić information content (AvgIpc) is 2.21. The highest BCUT2D eigenvalue weighted by atomic mass is 19.1. The van der Waals surface area contributed by atoms with Crippen molar-refractivity contribution in [3.8, 4) is 0 Å². The van der Waals surface area contributed by atoms with Gasteiger partial charge in [-0.15, -0.1) is 0 Å². The predicted molar refractivity (Wildman–Crippen MR) is 56.7 cm³/mol. The summed E-state index contributed by atoms with van der Waals surface area (Å²) < 4.78 is 13.4. The minimum Gasteiger partial charge on any atom is -0.299 e. The molecule has 0 spiro atoms. The van der Waals surface area contributed by atoms with Crippen molar-refractivity contribution < 1.29 is 14.1 Å². The van der Waals surface area contributed by atoms with E-state index in [1.54, 1.807) is 0 Å². The van der Waals surface area contributed by atoms with E-state index in [-0.39, 0.29) is 23.5 Å². The molecule has 0 N–H and O–H groups in total. The van der Waals surface area contributed by atoms with Crippen LogP contribution < -0.4 is 0 Å². The van der Waals surface area contributed by atoms with E-state index in [1.165, 1.54) is 12.1 Å². The van der Waals surface area contributed by atoms with Crippen LogP contribution in [-0.4, -0.2) is 10.7 Å². The molecule has 0 aliphatic rings. The summed E-state index contributed by atoms with van der Waals surface area (Å²) in [6, 6.07) is 3.34. The molecule has 0 atom stereocenters. The second kappa shape index (κ2) is 5.34. The number of hydrogen-bond donors (Lipinski definition) is 0. The van der Waals surface area contributed by atoms with Gasteiger partial charge in [-0.2, -0.15) is 0 Å². The van der Waals surface area contributed by atoms with E-state index in [0.29, 0.717) is 12.8 Å².